The van der Waals surface area contributed by atoms with Crippen LogP contribution in [0.1, 0.15) is 46.8 Å². The number of H-pyrrole nitrogens is 1. The number of anilines is 1. The standard InChI is InChI=1S/C25H33N5/c1-15-19(16(2)28-25(27-15)29(3)4)10-9-17-11-21-20-7-6-8-22-24(20)18(13-26-22)12-23(21)30(5)14-17/h6-8,13,17,21,23,26H,9-12,14H2,1-5H3/t17?,21-,23-/m1/s1. The molecular weight excluding hydrogens is 370 g/mol. The molecule has 5 rings (SSSR count). The van der Waals surface area contributed by atoms with Gasteiger partial charge in [0.15, 0.2) is 0 Å². The molecule has 5 nitrogen and oxygen atoms in total. The molecule has 3 atom stereocenters. The van der Waals surface area contributed by atoms with Gasteiger partial charge in [0, 0.05) is 61.1 Å². The Labute approximate surface area is 179 Å². The van der Waals surface area contributed by atoms with E-state index in [9.17, 15) is 0 Å². The number of fused-ring (bicyclic) bond motifs is 2. The first kappa shape index (κ1) is 19.6. The molecule has 3 aromatic rings. The maximum absolute atomic E-state index is 4.72. The molecule has 1 fully saturated rings. The monoisotopic (exact) mass is 403 g/mol. The summed E-state index contributed by atoms with van der Waals surface area (Å²) in [4.78, 5) is 17.5. The quantitative estimate of drug-likeness (QED) is 0.708. The molecule has 3 heterocycles. The maximum Gasteiger partial charge on any atom is 0.225 e. The van der Waals surface area contributed by atoms with Crippen molar-refractivity contribution in [1.29, 1.82) is 0 Å². The molecule has 0 bridgehead atoms. The lowest BCUT2D eigenvalue weighted by molar-refractivity contribution is 0.108. The van der Waals surface area contributed by atoms with Gasteiger partial charge in [-0.05, 0) is 75.3 Å². The van der Waals surface area contributed by atoms with E-state index in [1.54, 1.807) is 5.56 Å². The van der Waals surface area contributed by atoms with Crippen molar-refractivity contribution < 1.29 is 0 Å². The molecule has 0 radical (unpaired) electrons. The molecule has 2 aliphatic rings. The summed E-state index contributed by atoms with van der Waals surface area (Å²) in [7, 11) is 6.33. The lowest BCUT2D eigenvalue weighted by atomic mass is 9.71. The average molecular weight is 404 g/mol. The Hall–Kier alpha value is -2.40. The highest BCUT2D eigenvalue weighted by atomic mass is 15.2. The highest BCUT2D eigenvalue weighted by molar-refractivity contribution is 5.88. The maximum atomic E-state index is 4.72. The predicted molar refractivity (Wildman–Crippen MR) is 123 cm³/mol. The van der Waals surface area contributed by atoms with Gasteiger partial charge in [0.25, 0.3) is 0 Å². The predicted octanol–water partition coefficient (Wildman–Crippen LogP) is 4.23. The molecule has 2 aromatic heterocycles. The molecule has 1 aromatic carbocycles. The summed E-state index contributed by atoms with van der Waals surface area (Å²) in [5.41, 5.74) is 7.96. The number of likely N-dealkylation sites (N-methyl/N-ethyl adjacent to an activating group) is 1. The summed E-state index contributed by atoms with van der Waals surface area (Å²) in [6, 6.07) is 7.44. The molecule has 5 heteroatoms. The largest absolute Gasteiger partial charge is 0.361 e. The highest BCUT2D eigenvalue weighted by Gasteiger charge is 2.39. The Morgan fingerprint density at radius 3 is 2.67 bits per heavy atom. The Morgan fingerprint density at radius 1 is 1.17 bits per heavy atom. The molecule has 1 aliphatic heterocycles. The van der Waals surface area contributed by atoms with Crippen LogP contribution in [0.3, 0.4) is 0 Å². The number of piperidine rings is 1. The zero-order chi connectivity index (χ0) is 21.0. The molecule has 1 saturated heterocycles. The Bertz CT molecular complexity index is 1060. The van der Waals surface area contributed by atoms with E-state index in [4.69, 9.17) is 9.97 Å². The third-order valence-electron chi connectivity index (χ3n) is 7.42. The van der Waals surface area contributed by atoms with Crippen molar-refractivity contribution in [3.05, 3.63) is 52.5 Å². The van der Waals surface area contributed by atoms with Crippen molar-refractivity contribution in [2.75, 3.05) is 32.6 Å². The Kier molecular flexibility index (Phi) is 4.81. The molecule has 30 heavy (non-hydrogen) atoms. The summed E-state index contributed by atoms with van der Waals surface area (Å²) < 4.78 is 0. The lowest BCUT2D eigenvalue weighted by Crippen LogP contribution is -2.47. The van der Waals surface area contributed by atoms with E-state index in [1.165, 1.54) is 47.8 Å². The average Bonchev–Trinajstić information content (AvgIpc) is 3.12. The number of likely N-dealkylation sites (tertiary alicyclic amines) is 1. The molecular formula is C25H33N5. The minimum absolute atomic E-state index is 0.626. The summed E-state index contributed by atoms with van der Waals surface area (Å²) in [5, 5.41) is 1.49. The number of nitrogens with one attached hydrogen (secondary N) is 1. The third kappa shape index (κ3) is 3.20. The number of aromatic amines is 1. The minimum Gasteiger partial charge on any atom is -0.361 e. The van der Waals surface area contributed by atoms with Gasteiger partial charge in [-0.3, -0.25) is 0 Å². The van der Waals surface area contributed by atoms with Gasteiger partial charge in [0.1, 0.15) is 0 Å². The van der Waals surface area contributed by atoms with E-state index < -0.39 is 0 Å². The first-order valence-electron chi connectivity index (χ1n) is 11.2. The SMILES string of the molecule is Cc1nc(N(C)C)nc(C)c1CCC1C[C@@H]2c3cccc4[nH]cc(c34)C[C@H]2N(C)C1. The van der Waals surface area contributed by atoms with Gasteiger partial charge in [0.05, 0.1) is 0 Å². The van der Waals surface area contributed by atoms with E-state index in [1.807, 2.05) is 19.0 Å². The van der Waals surface area contributed by atoms with Crippen LogP contribution in [0.4, 0.5) is 5.95 Å². The normalized spacial score (nSPS) is 23.6. The summed E-state index contributed by atoms with van der Waals surface area (Å²) >= 11 is 0. The smallest absolute Gasteiger partial charge is 0.225 e. The van der Waals surface area contributed by atoms with Crippen LogP contribution in [-0.4, -0.2) is 53.6 Å². The Balaban J connectivity index is 1.36. The van der Waals surface area contributed by atoms with Crippen LogP contribution in [0, 0.1) is 19.8 Å². The topological polar surface area (TPSA) is 48.1 Å². The van der Waals surface area contributed by atoms with Crippen molar-refractivity contribution in [2.45, 2.75) is 51.5 Å². The van der Waals surface area contributed by atoms with Crippen LogP contribution in [0.2, 0.25) is 0 Å². The number of aromatic nitrogens is 3. The molecule has 158 valence electrons. The molecule has 0 amide bonds. The number of aryl methyl sites for hydroxylation is 2. The molecule has 1 aliphatic carbocycles. The number of hydrogen-bond acceptors (Lipinski definition) is 4. The first-order valence-corrected chi connectivity index (χ1v) is 11.2. The lowest BCUT2D eigenvalue weighted by Gasteiger charge is -2.45. The summed E-state index contributed by atoms with van der Waals surface area (Å²) in [5.74, 6) is 2.15. The van der Waals surface area contributed by atoms with Crippen LogP contribution in [-0.2, 0) is 12.8 Å². The van der Waals surface area contributed by atoms with Gasteiger partial charge in [0.2, 0.25) is 5.95 Å². The number of benzene rings is 1. The summed E-state index contributed by atoms with van der Waals surface area (Å²) in [6.45, 7) is 5.45. The number of rotatable bonds is 4. The van der Waals surface area contributed by atoms with Gasteiger partial charge in [-0.1, -0.05) is 12.1 Å². The third-order valence-corrected chi connectivity index (χ3v) is 7.42. The van der Waals surface area contributed by atoms with Crippen molar-refractivity contribution in [2.24, 2.45) is 5.92 Å². The molecule has 1 unspecified atom stereocenters. The molecule has 0 spiro atoms. The summed E-state index contributed by atoms with van der Waals surface area (Å²) in [6.07, 6.45) is 6.96. The Morgan fingerprint density at radius 2 is 1.93 bits per heavy atom. The second kappa shape index (κ2) is 7.38. The second-order valence-corrected chi connectivity index (χ2v) is 9.61. The fourth-order valence-corrected chi connectivity index (χ4v) is 5.90. The van der Waals surface area contributed by atoms with Gasteiger partial charge in [-0.15, -0.1) is 0 Å². The van der Waals surface area contributed by atoms with Crippen LogP contribution < -0.4 is 4.90 Å². The van der Waals surface area contributed by atoms with E-state index in [0.717, 1.165) is 23.8 Å². The van der Waals surface area contributed by atoms with Gasteiger partial charge in [-0.25, -0.2) is 9.97 Å². The van der Waals surface area contributed by atoms with Crippen LogP contribution >= 0.6 is 0 Å². The van der Waals surface area contributed by atoms with Crippen molar-refractivity contribution in [1.82, 2.24) is 19.9 Å². The van der Waals surface area contributed by atoms with Crippen LogP contribution in [0.5, 0.6) is 0 Å². The number of nitrogens with zero attached hydrogens (tertiary/aromatic N) is 4. The van der Waals surface area contributed by atoms with Gasteiger partial charge >= 0.3 is 0 Å². The molecule has 0 saturated carbocycles. The first-order chi connectivity index (χ1) is 14.4. The zero-order valence-electron chi connectivity index (χ0n) is 18.9. The van der Waals surface area contributed by atoms with Crippen molar-refractivity contribution >= 4 is 16.9 Å². The van der Waals surface area contributed by atoms with Crippen LogP contribution in [0.25, 0.3) is 10.9 Å². The van der Waals surface area contributed by atoms with E-state index in [2.05, 4.69) is 55.2 Å². The molecule has 1 N–H and O–H groups in total. The van der Waals surface area contributed by atoms with Gasteiger partial charge in [-0.2, -0.15) is 0 Å². The minimum atomic E-state index is 0.626. The fourth-order valence-electron chi connectivity index (χ4n) is 5.90. The zero-order valence-corrected chi connectivity index (χ0v) is 18.9. The van der Waals surface area contributed by atoms with E-state index >= 15 is 0 Å². The van der Waals surface area contributed by atoms with Gasteiger partial charge < -0.3 is 14.8 Å². The second-order valence-electron chi connectivity index (χ2n) is 9.61. The number of hydrogen-bond donors (Lipinski definition) is 1. The van der Waals surface area contributed by atoms with Crippen molar-refractivity contribution in [3.8, 4) is 0 Å². The van der Waals surface area contributed by atoms with E-state index in [-0.39, 0.29) is 0 Å². The van der Waals surface area contributed by atoms with Crippen molar-refractivity contribution in [3.63, 3.8) is 0 Å². The fraction of sp³-hybridized carbons (Fsp3) is 0.520. The van der Waals surface area contributed by atoms with E-state index in [0.29, 0.717) is 17.9 Å². The highest BCUT2D eigenvalue weighted by Crippen LogP contribution is 2.45. The van der Waals surface area contributed by atoms with Crippen LogP contribution in [0.15, 0.2) is 24.4 Å².